The Labute approximate surface area is 110 Å². The van der Waals surface area contributed by atoms with Crippen molar-refractivity contribution in [3.63, 3.8) is 0 Å². The van der Waals surface area contributed by atoms with E-state index in [1.165, 1.54) is 12.8 Å². The number of ketones is 1. The standard InChI is InChI=1S/C14H17BrO2/c1-10-8-12(6-7-13(10)15)17-9-14(16)11-4-2-3-5-11/h6-8,11H,2-5,9H2,1H3. The minimum Gasteiger partial charge on any atom is -0.486 e. The number of hydrogen-bond donors (Lipinski definition) is 0. The summed E-state index contributed by atoms with van der Waals surface area (Å²) >= 11 is 3.44. The van der Waals surface area contributed by atoms with Gasteiger partial charge in [-0.25, -0.2) is 0 Å². The average Bonchev–Trinajstić information content (AvgIpc) is 2.84. The minimum absolute atomic E-state index is 0.214. The molecular weight excluding hydrogens is 280 g/mol. The lowest BCUT2D eigenvalue weighted by Gasteiger charge is -2.10. The van der Waals surface area contributed by atoms with E-state index in [0.29, 0.717) is 0 Å². The highest BCUT2D eigenvalue weighted by Gasteiger charge is 2.22. The average molecular weight is 297 g/mol. The Morgan fingerprint density at radius 1 is 1.41 bits per heavy atom. The Kier molecular flexibility index (Phi) is 4.21. The van der Waals surface area contributed by atoms with E-state index in [4.69, 9.17) is 4.74 Å². The third-order valence-electron chi connectivity index (χ3n) is 3.32. The van der Waals surface area contributed by atoms with E-state index in [1.807, 2.05) is 25.1 Å². The van der Waals surface area contributed by atoms with Gasteiger partial charge in [0.25, 0.3) is 0 Å². The summed E-state index contributed by atoms with van der Waals surface area (Å²) in [5.74, 6) is 1.27. The summed E-state index contributed by atoms with van der Waals surface area (Å²) in [5, 5.41) is 0. The van der Waals surface area contributed by atoms with Crippen LogP contribution in [0.25, 0.3) is 0 Å². The molecule has 0 saturated heterocycles. The zero-order valence-corrected chi connectivity index (χ0v) is 11.6. The number of hydrogen-bond acceptors (Lipinski definition) is 2. The predicted molar refractivity (Wildman–Crippen MR) is 71.3 cm³/mol. The van der Waals surface area contributed by atoms with Crippen LogP contribution < -0.4 is 4.74 Å². The van der Waals surface area contributed by atoms with Crippen LogP contribution in [0.4, 0.5) is 0 Å². The summed E-state index contributed by atoms with van der Waals surface area (Å²) in [5.41, 5.74) is 1.12. The summed E-state index contributed by atoms with van der Waals surface area (Å²) < 4.78 is 6.61. The fraction of sp³-hybridized carbons (Fsp3) is 0.500. The molecule has 2 nitrogen and oxygen atoms in total. The largest absolute Gasteiger partial charge is 0.486 e. The lowest BCUT2D eigenvalue weighted by molar-refractivity contribution is -0.124. The lowest BCUT2D eigenvalue weighted by atomic mass is 10.0. The topological polar surface area (TPSA) is 26.3 Å². The van der Waals surface area contributed by atoms with Crippen molar-refractivity contribution in [2.75, 3.05) is 6.61 Å². The molecule has 0 bridgehead atoms. The molecule has 0 heterocycles. The second kappa shape index (κ2) is 5.67. The van der Waals surface area contributed by atoms with Gasteiger partial charge in [-0.2, -0.15) is 0 Å². The predicted octanol–water partition coefficient (Wildman–Crippen LogP) is 3.90. The maximum absolute atomic E-state index is 11.8. The van der Waals surface area contributed by atoms with Crippen molar-refractivity contribution >= 4 is 21.7 Å². The van der Waals surface area contributed by atoms with Crippen molar-refractivity contribution in [2.45, 2.75) is 32.6 Å². The maximum atomic E-state index is 11.8. The van der Waals surface area contributed by atoms with Crippen LogP contribution >= 0.6 is 15.9 Å². The first-order valence-electron chi connectivity index (χ1n) is 6.08. The Morgan fingerprint density at radius 2 is 2.12 bits per heavy atom. The first-order valence-corrected chi connectivity index (χ1v) is 6.88. The number of benzene rings is 1. The van der Waals surface area contributed by atoms with Gasteiger partial charge < -0.3 is 4.74 Å². The van der Waals surface area contributed by atoms with Crippen LogP contribution in [0.5, 0.6) is 5.75 Å². The van der Waals surface area contributed by atoms with Gasteiger partial charge in [0.05, 0.1) is 0 Å². The van der Waals surface area contributed by atoms with E-state index < -0.39 is 0 Å². The third kappa shape index (κ3) is 3.32. The van der Waals surface area contributed by atoms with Gasteiger partial charge in [-0.3, -0.25) is 4.79 Å². The Hall–Kier alpha value is -0.830. The van der Waals surface area contributed by atoms with E-state index in [2.05, 4.69) is 15.9 Å². The van der Waals surface area contributed by atoms with Crippen LogP contribution in [0.3, 0.4) is 0 Å². The van der Waals surface area contributed by atoms with Crippen LogP contribution in [0.15, 0.2) is 22.7 Å². The van der Waals surface area contributed by atoms with Gasteiger partial charge in [-0.15, -0.1) is 0 Å². The highest BCUT2D eigenvalue weighted by Crippen LogP contribution is 2.26. The SMILES string of the molecule is Cc1cc(OCC(=O)C2CCCC2)ccc1Br. The molecule has 2 rings (SSSR count). The molecule has 3 heteroatoms. The van der Waals surface area contributed by atoms with Crippen LogP contribution in [-0.2, 0) is 4.79 Å². The molecule has 0 radical (unpaired) electrons. The second-order valence-electron chi connectivity index (χ2n) is 4.65. The number of rotatable bonds is 4. The van der Waals surface area contributed by atoms with Gasteiger partial charge in [0, 0.05) is 10.4 Å². The molecule has 1 fully saturated rings. The zero-order valence-electron chi connectivity index (χ0n) is 10.0. The lowest BCUT2D eigenvalue weighted by Crippen LogP contribution is -2.19. The quantitative estimate of drug-likeness (QED) is 0.842. The fourth-order valence-corrected chi connectivity index (χ4v) is 2.47. The van der Waals surface area contributed by atoms with Gasteiger partial charge in [0.2, 0.25) is 0 Å². The Bertz CT molecular complexity index is 409. The Morgan fingerprint density at radius 3 is 2.76 bits per heavy atom. The molecule has 0 aromatic heterocycles. The molecule has 0 atom stereocenters. The number of Topliss-reactive ketones (excluding diaryl/α,β-unsaturated/α-hetero) is 1. The second-order valence-corrected chi connectivity index (χ2v) is 5.50. The van der Waals surface area contributed by atoms with Crippen molar-refractivity contribution in [1.82, 2.24) is 0 Å². The summed E-state index contributed by atoms with van der Waals surface area (Å²) in [6.45, 7) is 2.22. The monoisotopic (exact) mass is 296 g/mol. The molecule has 1 aliphatic rings. The van der Waals surface area contributed by atoms with E-state index in [-0.39, 0.29) is 18.3 Å². The molecule has 1 aliphatic carbocycles. The summed E-state index contributed by atoms with van der Waals surface area (Å²) in [7, 11) is 0. The van der Waals surface area contributed by atoms with Crippen molar-refractivity contribution in [1.29, 1.82) is 0 Å². The molecule has 0 amide bonds. The van der Waals surface area contributed by atoms with Gasteiger partial charge in [0.15, 0.2) is 5.78 Å². The summed E-state index contributed by atoms with van der Waals surface area (Å²) in [4.78, 5) is 11.8. The van der Waals surface area contributed by atoms with Crippen LogP contribution in [0, 0.1) is 12.8 Å². The summed E-state index contributed by atoms with van der Waals surface area (Å²) in [6.07, 6.45) is 4.46. The number of ether oxygens (including phenoxy) is 1. The van der Waals surface area contributed by atoms with Gasteiger partial charge in [-0.05, 0) is 43.5 Å². The Balaban J connectivity index is 1.88. The van der Waals surface area contributed by atoms with E-state index >= 15 is 0 Å². The van der Waals surface area contributed by atoms with Crippen molar-refractivity contribution < 1.29 is 9.53 Å². The van der Waals surface area contributed by atoms with E-state index in [1.54, 1.807) is 0 Å². The van der Waals surface area contributed by atoms with Gasteiger partial charge >= 0.3 is 0 Å². The van der Waals surface area contributed by atoms with Gasteiger partial charge in [0.1, 0.15) is 12.4 Å². The van der Waals surface area contributed by atoms with Crippen LogP contribution in [0.1, 0.15) is 31.2 Å². The van der Waals surface area contributed by atoms with Crippen LogP contribution in [-0.4, -0.2) is 12.4 Å². The first-order chi connectivity index (χ1) is 8.16. The fourth-order valence-electron chi connectivity index (χ4n) is 2.23. The highest BCUT2D eigenvalue weighted by molar-refractivity contribution is 9.10. The molecule has 1 aromatic carbocycles. The molecule has 92 valence electrons. The molecule has 0 unspecified atom stereocenters. The number of carbonyl (C=O) groups excluding carboxylic acids is 1. The minimum atomic E-state index is 0.214. The molecule has 1 saturated carbocycles. The van der Waals surface area contributed by atoms with Crippen molar-refractivity contribution in [2.24, 2.45) is 5.92 Å². The molecule has 0 spiro atoms. The summed E-state index contributed by atoms with van der Waals surface area (Å²) in [6, 6.07) is 5.79. The maximum Gasteiger partial charge on any atom is 0.173 e. The highest BCUT2D eigenvalue weighted by atomic mass is 79.9. The third-order valence-corrected chi connectivity index (χ3v) is 4.21. The number of aryl methyl sites for hydroxylation is 1. The van der Waals surface area contributed by atoms with Crippen molar-refractivity contribution in [3.8, 4) is 5.75 Å². The normalized spacial score (nSPS) is 16.1. The molecule has 17 heavy (non-hydrogen) atoms. The number of carbonyl (C=O) groups is 1. The van der Waals surface area contributed by atoms with Crippen molar-refractivity contribution in [3.05, 3.63) is 28.2 Å². The van der Waals surface area contributed by atoms with Gasteiger partial charge in [-0.1, -0.05) is 28.8 Å². The molecule has 1 aromatic rings. The molecule has 0 N–H and O–H groups in total. The number of halogens is 1. The van der Waals surface area contributed by atoms with Crippen LogP contribution in [0.2, 0.25) is 0 Å². The molecular formula is C14H17BrO2. The smallest absolute Gasteiger partial charge is 0.173 e. The first kappa shape index (κ1) is 12.6. The van der Waals surface area contributed by atoms with E-state index in [9.17, 15) is 4.79 Å². The van der Waals surface area contributed by atoms with E-state index in [0.717, 1.165) is 28.6 Å². The zero-order chi connectivity index (χ0) is 12.3. The molecule has 0 aliphatic heterocycles.